The summed E-state index contributed by atoms with van der Waals surface area (Å²) in [6.45, 7) is 4.86. The average Bonchev–Trinajstić information content (AvgIpc) is 2.24. The second kappa shape index (κ2) is 6.87. The molecule has 4 nitrogen and oxygen atoms in total. The van der Waals surface area contributed by atoms with E-state index < -0.39 is 15.9 Å². The maximum absolute atomic E-state index is 11.9. The number of hydrogen-bond acceptors (Lipinski definition) is 4. The van der Waals surface area contributed by atoms with Gasteiger partial charge in [0, 0.05) is 6.54 Å². The first kappa shape index (κ1) is 15.1. The summed E-state index contributed by atoms with van der Waals surface area (Å²) in [4.78, 5) is 0. The van der Waals surface area contributed by atoms with E-state index in [4.69, 9.17) is 0 Å². The Hall–Kier alpha value is -0.910. The summed E-state index contributed by atoms with van der Waals surface area (Å²) in [5.41, 5.74) is 1.81. The van der Waals surface area contributed by atoms with E-state index in [2.05, 4.69) is 5.32 Å². The van der Waals surface area contributed by atoms with Gasteiger partial charge in [-0.3, -0.25) is 0 Å². The van der Waals surface area contributed by atoms with Crippen LogP contribution in [0, 0.1) is 6.92 Å². The molecule has 0 aliphatic carbocycles. The van der Waals surface area contributed by atoms with E-state index in [1.54, 1.807) is 6.07 Å². The Balaban J connectivity index is 2.59. The lowest BCUT2D eigenvalue weighted by Crippen LogP contribution is -2.32. The van der Waals surface area contributed by atoms with E-state index in [0.29, 0.717) is 6.54 Å². The van der Waals surface area contributed by atoms with Crippen LogP contribution in [0.4, 0.5) is 0 Å². The Bertz CT molecular complexity index is 471. The molecule has 1 aromatic carbocycles. The van der Waals surface area contributed by atoms with Crippen molar-refractivity contribution in [3.63, 3.8) is 0 Å². The molecule has 0 amide bonds. The number of rotatable bonds is 7. The fourth-order valence-electron chi connectivity index (χ4n) is 1.78. The summed E-state index contributed by atoms with van der Waals surface area (Å²) >= 11 is 0. The number of sulfone groups is 1. The van der Waals surface area contributed by atoms with Gasteiger partial charge < -0.3 is 10.4 Å². The molecule has 0 aliphatic rings. The lowest BCUT2D eigenvalue weighted by atomic mass is 10.2. The molecule has 5 heteroatoms. The van der Waals surface area contributed by atoms with E-state index in [-0.39, 0.29) is 11.5 Å². The molecule has 0 bridgehead atoms. The zero-order valence-corrected chi connectivity index (χ0v) is 11.7. The van der Waals surface area contributed by atoms with Crippen molar-refractivity contribution in [2.75, 3.05) is 18.8 Å². The van der Waals surface area contributed by atoms with Crippen LogP contribution in [0.2, 0.25) is 0 Å². The number of aliphatic hydroxyl groups excluding tert-OH is 1. The van der Waals surface area contributed by atoms with Gasteiger partial charge in [0.05, 0.1) is 17.6 Å². The zero-order valence-electron chi connectivity index (χ0n) is 10.9. The highest BCUT2D eigenvalue weighted by molar-refractivity contribution is 7.90. The van der Waals surface area contributed by atoms with Crippen molar-refractivity contribution in [2.24, 2.45) is 0 Å². The van der Waals surface area contributed by atoms with Crippen LogP contribution >= 0.6 is 0 Å². The van der Waals surface area contributed by atoms with Crippen molar-refractivity contribution in [1.82, 2.24) is 5.32 Å². The highest BCUT2D eigenvalue weighted by Crippen LogP contribution is 2.09. The Morgan fingerprint density at radius 1 is 1.39 bits per heavy atom. The Morgan fingerprint density at radius 2 is 2.11 bits per heavy atom. The second-order valence-corrected chi connectivity index (χ2v) is 6.61. The predicted octanol–water partition coefficient (Wildman–Crippen LogP) is 0.880. The van der Waals surface area contributed by atoms with E-state index in [9.17, 15) is 13.5 Å². The third kappa shape index (κ3) is 5.62. The molecule has 1 unspecified atom stereocenters. The van der Waals surface area contributed by atoms with Gasteiger partial charge in [0.1, 0.15) is 0 Å². The minimum atomic E-state index is -3.27. The number of nitrogens with one attached hydrogen (secondary N) is 1. The van der Waals surface area contributed by atoms with Crippen molar-refractivity contribution in [3.05, 3.63) is 35.4 Å². The molecule has 0 aliphatic heterocycles. The second-order valence-electron chi connectivity index (χ2n) is 4.51. The van der Waals surface area contributed by atoms with Crippen molar-refractivity contribution in [1.29, 1.82) is 0 Å². The maximum atomic E-state index is 11.9. The van der Waals surface area contributed by atoms with Gasteiger partial charge in [-0.25, -0.2) is 8.42 Å². The van der Waals surface area contributed by atoms with Crippen LogP contribution in [0.3, 0.4) is 0 Å². The fraction of sp³-hybridized carbons (Fsp3) is 0.538. The molecule has 102 valence electrons. The molecule has 0 saturated carbocycles. The quantitative estimate of drug-likeness (QED) is 0.772. The number of likely N-dealkylation sites (N-methyl/N-ethyl adjacent to an activating group) is 1. The van der Waals surface area contributed by atoms with Crippen molar-refractivity contribution in [3.8, 4) is 0 Å². The van der Waals surface area contributed by atoms with E-state index in [1.165, 1.54) is 0 Å². The van der Waals surface area contributed by atoms with Crippen LogP contribution in [-0.4, -0.2) is 38.5 Å². The van der Waals surface area contributed by atoms with Crippen LogP contribution in [0.25, 0.3) is 0 Å². The largest absolute Gasteiger partial charge is 0.391 e. The molecular formula is C13H21NO3S. The Kier molecular flexibility index (Phi) is 5.78. The number of benzene rings is 1. The molecule has 1 atom stereocenters. The van der Waals surface area contributed by atoms with Gasteiger partial charge in [0.15, 0.2) is 9.84 Å². The number of hydrogen-bond donors (Lipinski definition) is 2. The average molecular weight is 271 g/mol. The summed E-state index contributed by atoms with van der Waals surface area (Å²) in [7, 11) is -3.27. The van der Waals surface area contributed by atoms with Crippen LogP contribution in [0.1, 0.15) is 18.1 Å². The van der Waals surface area contributed by atoms with E-state index in [1.807, 2.05) is 32.0 Å². The topological polar surface area (TPSA) is 66.4 Å². The lowest BCUT2D eigenvalue weighted by molar-refractivity contribution is 0.194. The Morgan fingerprint density at radius 3 is 2.72 bits per heavy atom. The van der Waals surface area contributed by atoms with Crippen molar-refractivity contribution < 1.29 is 13.5 Å². The molecule has 0 radical (unpaired) electrons. The molecule has 0 heterocycles. The zero-order chi connectivity index (χ0) is 13.6. The summed E-state index contributed by atoms with van der Waals surface area (Å²) in [5, 5.41) is 12.5. The lowest BCUT2D eigenvalue weighted by Gasteiger charge is -2.11. The normalized spacial score (nSPS) is 13.5. The minimum absolute atomic E-state index is 0.0160. The smallest absolute Gasteiger partial charge is 0.157 e. The molecule has 18 heavy (non-hydrogen) atoms. The predicted molar refractivity (Wildman–Crippen MR) is 73.2 cm³/mol. The van der Waals surface area contributed by atoms with Gasteiger partial charge in [-0.05, 0) is 19.0 Å². The van der Waals surface area contributed by atoms with Gasteiger partial charge in [0.25, 0.3) is 0 Å². The molecule has 1 aromatic rings. The number of aliphatic hydroxyl groups is 1. The fourth-order valence-corrected chi connectivity index (χ4v) is 3.29. The summed E-state index contributed by atoms with van der Waals surface area (Å²) in [5.74, 6) is -0.216. The van der Waals surface area contributed by atoms with Gasteiger partial charge in [0.2, 0.25) is 0 Å². The highest BCUT2D eigenvalue weighted by atomic mass is 32.2. The van der Waals surface area contributed by atoms with Crippen molar-refractivity contribution >= 4 is 9.84 Å². The van der Waals surface area contributed by atoms with E-state index >= 15 is 0 Å². The van der Waals surface area contributed by atoms with Gasteiger partial charge in [-0.2, -0.15) is 0 Å². The number of aryl methyl sites for hydroxylation is 1. The van der Waals surface area contributed by atoms with E-state index in [0.717, 1.165) is 17.7 Å². The third-order valence-electron chi connectivity index (χ3n) is 2.55. The van der Waals surface area contributed by atoms with Crippen LogP contribution < -0.4 is 5.32 Å². The van der Waals surface area contributed by atoms with Gasteiger partial charge in [-0.15, -0.1) is 0 Å². The minimum Gasteiger partial charge on any atom is -0.391 e. The molecule has 2 N–H and O–H groups in total. The molecule has 0 aromatic heterocycles. The van der Waals surface area contributed by atoms with Crippen LogP contribution in [0.15, 0.2) is 24.3 Å². The summed E-state index contributed by atoms with van der Waals surface area (Å²) < 4.78 is 23.8. The van der Waals surface area contributed by atoms with Gasteiger partial charge >= 0.3 is 0 Å². The van der Waals surface area contributed by atoms with Crippen molar-refractivity contribution in [2.45, 2.75) is 25.7 Å². The first-order chi connectivity index (χ1) is 8.43. The van der Waals surface area contributed by atoms with Gasteiger partial charge in [-0.1, -0.05) is 36.8 Å². The standard InChI is InChI=1S/C13H21NO3S/c1-3-14-8-13(15)10-18(16,17)9-12-6-4-5-11(2)7-12/h4-7,13-15H,3,8-10H2,1-2H3. The SMILES string of the molecule is CCNCC(O)CS(=O)(=O)Cc1cccc(C)c1. The van der Waals surface area contributed by atoms with Crippen LogP contribution in [-0.2, 0) is 15.6 Å². The molecular weight excluding hydrogens is 250 g/mol. The first-order valence-corrected chi connectivity index (χ1v) is 7.90. The summed E-state index contributed by atoms with van der Waals surface area (Å²) in [6, 6.07) is 7.42. The first-order valence-electron chi connectivity index (χ1n) is 6.07. The molecule has 0 spiro atoms. The molecule has 1 rings (SSSR count). The maximum Gasteiger partial charge on any atom is 0.157 e. The molecule has 0 saturated heterocycles. The monoisotopic (exact) mass is 271 g/mol. The molecule has 0 fully saturated rings. The Labute approximate surface area is 109 Å². The highest BCUT2D eigenvalue weighted by Gasteiger charge is 2.17. The van der Waals surface area contributed by atoms with Crippen LogP contribution in [0.5, 0.6) is 0 Å². The summed E-state index contributed by atoms with van der Waals surface area (Å²) in [6.07, 6.45) is -0.847. The third-order valence-corrected chi connectivity index (χ3v) is 4.21.